The van der Waals surface area contributed by atoms with Gasteiger partial charge in [-0.25, -0.2) is 4.98 Å². The number of aryl methyl sites for hydroxylation is 3. The van der Waals surface area contributed by atoms with E-state index >= 15 is 0 Å². The van der Waals surface area contributed by atoms with E-state index in [1.807, 2.05) is 32.0 Å². The highest BCUT2D eigenvalue weighted by atomic mass is 19.4. The molecule has 1 heterocycles. The molecule has 3 aromatic rings. The molecular weight excluding hydrogens is 341 g/mol. The van der Waals surface area contributed by atoms with E-state index in [4.69, 9.17) is 4.74 Å². The van der Waals surface area contributed by atoms with Gasteiger partial charge in [-0.05, 0) is 50.5 Å². The summed E-state index contributed by atoms with van der Waals surface area (Å²) in [5, 5.41) is 0. The van der Waals surface area contributed by atoms with Gasteiger partial charge in [-0.1, -0.05) is 29.8 Å². The molecule has 0 unspecified atom stereocenters. The number of hydrogen-bond donors (Lipinski definition) is 0. The highest BCUT2D eigenvalue weighted by Crippen LogP contribution is 2.31. The Labute approximate surface area is 150 Å². The van der Waals surface area contributed by atoms with Crippen LogP contribution in [-0.4, -0.2) is 16.2 Å². The van der Waals surface area contributed by atoms with Crippen molar-refractivity contribution >= 4 is 11.0 Å². The molecule has 0 aliphatic heterocycles. The van der Waals surface area contributed by atoms with Crippen LogP contribution in [0.1, 0.15) is 29.8 Å². The Bertz CT molecular complexity index is 900. The van der Waals surface area contributed by atoms with E-state index in [-0.39, 0.29) is 6.54 Å². The van der Waals surface area contributed by atoms with Gasteiger partial charge in [0.1, 0.15) is 5.75 Å². The standard InChI is InChI=1S/C20H21F3N2O/c1-14-9-10-18(15(2)13-14)26-12-6-5-11-25-17-8-4-3-7-16(17)24-19(25)20(21,22)23/h3-4,7-10,13H,5-6,11-12H2,1-2H3. The molecule has 0 saturated carbocycles. The number of hydrogen-bond acceptors (Lipinski definition) is 2. The second kappa shape index (κ2) is 7.40. The van der Waals surface area contributed by atoms with Gasteiger partial charge in [-0.3, -0.25) is 0 Å². The number of imidazole rings is 1. The molecule has 0 spiro atoms. The average Bonchev–Trinajstić information content (AvgIpc) is 2.95. The third-order valence-corrected chi connectivity index (χ3v) is 4.27. The molecule has 1 aromatic heterocycles. The number of alkyl halides is 3. The van der Waals surface area contributed by atoms with Crippen LogP contribution >= 0.6 is 0 Å². The number of aromatic nitrogens is 2. The van der Waals surface area contributed by atoms with E-state index in [1.165, 1.54) is 10.1 Å². The Morgan fingerprint density at radius 1 is 1.04 bits per heavy atom. The van der Waals surface area contributed by atoms with Crippen LogP contribution < -0.4 is 4.74 Å². The van der Waals surface area contributed by atoms with Gasteiger partial charge >= 0.3 is 6.18 Å². The summed E-state index contributed by atoms with van der Waals surface area (Å²) in [7, 11) is 0. The summed E-state index contributed by atoms with van der Waals surface area (Å²) >= 11 is 0. The van der Waals surface area contributed by atoms with E-state index in [0.29, 0.717) is 30.5 Å². The van der Waals surface area contributed by atoms with Gasteiger partial charge in [0.15, 0.2) is 0 Å². The smallest absolute Gasteiger partial charge is 0.449 e. The molecule has 3 nitrogen and oxygen atoms in total. The molecule has 6 heteroatoms. The Kier molecular flexibility index (Phi) is 5.20. The molecule has 0 N–H and O–H groups in total. The molecule has 0 atom stereocenters. The Morgan fingerprint density at radius 2 is 1.81 bits per heavy atom. The fourth-order valence-corrected chi connectivity index (χ4v) is 3.03. The molecule has 138 valence electrons. The fourth-order valence-electron chi connectivity index (χ4n) is 3.03. The average molecular weight is 362 g/mol. The summed E-state index contributed by atoms with van der Waals surface area (Å²) in [6.07, 6.45) is -3.22. The lowest BCUT2D eigenvalue weighted by atomic mass is 10.1. The van der Waals surface area contributed by atoms with Crippen LogP contribution in [0, 0.1) is 13.8 Å². The van der Waals surface area contributed by atoms with Crippen molar-refractivity contribution in [3.63, 3.8) is 0 Å². The minimum Gasteiger partial charge on any atom is -0.493 e. The van der Waals surface area contributed by atoms with E-state index in [2.05, 4.69) is 4.98 Å². The zero-order chi connectivity index (χ0) is 18.7. The first-order valence-electron chi connectivity index (χ1n) is 8.59. The van der Waals surface area contributed by atoms with E-state index in [9.17, 15) is 13.2 Å². The van der Waals surface area contributed by atoms with E-state index < -0.39 is 12.0 Å². The topological polar surface area (TPSA) is 27.1 Å². The summed E-state index contributed by atoms with van der Waals surface area (Å²) < 4.78 is 46.8. The van der Waals surface area contributed by atoms with Crippen molar-refractivity contribution < 1.29 is 17.9 Å². The number of benzene rings is 2. The normalized spacial score (nSPS) is 11.9. The molecule has 3 rings (SSSR count). The van der Waals surface area contributed by atoms with E-state index in [1.54, 1.807) is 24.3 Å². The summed E-state index contributed by atoms with van der Waals surface area (Å²) in [4.78, 5) is 3.76. The van der Waals surface area contributed by atoms with Crippen LogP contribution in [0.3, 0.4) is 0 Å². The summed E-state index contributed by atoms with van der Waals surface area (Å²) in [5.74, 6) is -0.0198. The highest BCUT2D eigenvalue weighted by molar-refractivity contribution is 5.76. The third-order valence-electron chi connectivity index (χ3n) is 4.27. The van der Waals surface area contributed by atoms with Crippen LogP contribution in [-0.2, 0) is 12.7 Å². The first kappa shape index (κ1) is 18.3. The highest BCUT2D eigenvalue weighted by Gasteiger charge is 2.37. The van der Waals surface area contributed by atoms with Crippen LogP contribution in [0.4, 0.5) is 13.2 Å². The van der Waals surface area contributed by atoms with Crippen molar-refractivity contribution in [3.05, 3.63) is 59.4 Å². The van der Waals surface area contributed by atoms with Crippen LogP contribution in [0.5, 0.6) is 5.75 Å². The second-order valence-corrected chi connectivity index (χ2v) is 6.40. The maximum absolute atomic E-state index is 13.3. The van der Waals surface area contributed by atoms with E-state index in [0.717, 1.165) is 11.3 Å². The van der Waals surface area contributed by atoms with Gasteiger partial charge in [-0.15, -0.1) is 0 Å². The maximum atomic E-state index is 13.3. The zero-order valence-corrected chi connectivity index (χ0v) is 14.8. The first-order valence-corrected chi connectivity index (χ1v) is 8.59. The Balaban J connectivity index is 1.63. The minimum atomic E-state index is -4.46. The molecule has 26 heavy (non-hydrogen) atoms. The molecule has 0 amide bonds. The molecule has 2 aromatic carbocycles. The number of ether oxygens (including phenoxy) is 1. The Hall–Kier alpha value is -2.50. The second-order valence-electron chi connectivity index (χ2n) is 6.40. The van der Waals surface area contributed by atoms with Crippen molar-refractivity contribution in [2.45, 2.75) is 39.4 Å². The molecule has 0 saturated heterocycles. The van der Waals surface area contributed by atoms with Crippen molar-refractivity contribution in [3.8, 4) is 5.75 Å². The maximum Gasteiger partial charge on any atom is 0.449 e. The lowest BCUT2D eigenvalue weighted by Gasteiger charge is -2.12. The number of para-hydroxylation sites is 2. The van der Waals surface area contributed by atoms with Gasteiger partial charge in [0.25, 0.3) is 0 Å². The van der Waals surface area contributed by atoms with Gasteiger partial charge in [0.2, 0.25) is 5.82 Å². The molecule has 0 radical (unpaired) electrons. The minimum absolute atomic E-state index is 0.256. The molecule has 0 bridgehead atoms. The fraction of sp³-hybridized carbons (Fsp3) is 0.350. The molecular formula is C20H21F3N2O. The van der Waals surface area contributed by atoms with Crippen molar-refractivity contribution in [2.75, 3.05) is 6.61 Å². The van der Waals surface area contributed by atoms with Crippen molar-refractivity contribution in [1.29, 1.82) is 0 Å². The molecule has 0 aliphatic carbocycles. The number of nitrogens with zero attached hydrogens (tertiary/aromatic N) is 2. The zero-order valence-electron chi connectivity index (χ0n) is 14.8. The summed E-state index contributed by atoms with van der Waals surface area (Å²) in [6.45, 7) is 4.73. The predicted molar refractivity (Wildman–Crippen MR) is 95.4 cm³/mol. The number of fused-ring (bicyclic) bond motifs is 1. The van der Waals surface area contributed by atoms with Crippen LogP contribution in [0.2, 0.25) is 0 Å². The number of halogens is 3. The number of unbranched alkanes of at least 4 members (excludes halogenated alkanes) is 1. The largest absolute Gasteiger partial charge is 0.493 e. The van der Waals surface area contributed by atoms with Crippen molar-refractivity contribution in [1.82, 2.24) is 9.55 Å². The van der Waals surface area contributed by atoms with Crippen molar-refractivity contribution in [2.24, 2.45) is 0 Å². The van der Waals surface area contributed by atoms with Gasteiger partial charge < -0.3 is 9.30 Å². The summed E-state index contributed by atoms with van der Waals surface area (Å²) in [6, 6.07) is 12.6. The Morgan fingerprint density at radius 3 is 2.54 bits per heavy atom. The van der Waals surface area contributed by atoms with Gasteiger partial charge in [0.05, 0.1) is 17.6 Å². The third kappa shape index (κ3) is 4.00. The first-order chi connectivity index (χ1) is 12.4. The monoisotopic (exact) mass is 362 g/mol. The SMILES string of the molecule is Cc1ccc(OCCCCn2c(C(F)(F)F)nc3ccccc32)c(C)c1. The van der Waals surface area contributed by atoms with Crippen LogP contribution in [0.15, 0.2) is 42.5 Å². The lowest BCUT2D eigenvalue weighted by Crippen LogP contribution is -2.15. The lowest BCUT2D eigenvalue weighted by molar-refractivity contribution is -0.147. The van der Waals surface area contributed by atoms with Gasteiger partial charge in [0, 0.05) is 6.54 Å². The summed E-state index contributed by atoms with van der Waals surface area (Å²) in [5.41, 5.74) is 3.10. The predicted octanol–water partition coefficient (Wildman–Crippen LogP) is 5.53. The molecule has 0 fully saturated rings. The quantitative estimate of drug-likeness (QED) is 0.539. The number of rotatable bonds is 6. The van der Waals surface area contributed by atoms with Gasteiger partial charge in [-0.2, -0.15) is 13.2 Å². The molecule has 0 aliphatic rings. The van der Waals surface area contributed by atoms with Crippen LogP contribution in [0.25, 0.3) is 11.0 Å².